The maximum atomic E-state index is 13.2. The highest BCUT2D eigenvalue weighted by atomic mass is 32.2. The number of nitrogens with one attached hydrogen (secondary N) is 1. The molecule has 5 nitrogen and oxygen atoms in total. The Kier molecular flexibility index (Phi) is 7.51. The van der Waals surface area contributed by atoms with Crippen LogP contribution in [0.4, 0.5) is 45.2 Å². The van der Waals surface area contributed by atoms with Gasteiger partial charge >= 0.3 is 18.5 Å². The molecule has 0 saturated carbocycles. The van der Waals surface area contributed by atoms with Crippen LogP contribution in [0.5, 0.6) is 0 Å². The van der Waals surface area contributed by atoms with Crippen molar-refractivity contribution in [3.63, 3.8) is 0 Å². The summed E-state index contributed by atoms with van der Waals surface area (Å²) in [6.45, 7) is 0.905. The zero-order valence-electron chi connectivity index (χ0n) is 17.2. The Morgan fingerprint density at radius 3 is 1.86 bits per heavy atom. The van der Waals surface area contributed by atoms with E-state index in [1.807, 2.05) is 5.32 Å². The number of halogens is 9. The SMILES string of the molecule is CC(CS(=O)(=O)c1cc(C(F)(F)F)cc(C(F)(F)F)c1)C(=O)Nc1ccc(C#N)cc1C(F)(F)F. The third-order valence-corrected chi connectivity index (χ3v) is 6.44. The molecule has 1 atom stereocenters. The Hall–Kier alpha value is -3.28. The topological polar surface area (TPSA) is 87.0 Å². The van der Waals surface area contributed by atoms with E-state index >= 15 is 0 Å². The highest BCUT2D eigenvalue weighted by Crippen LogP contribution is 2.38. The van der Waals surface area contributed by atoms with Gasteiger partial charge in [-0.2, -0.15) is 44.8 Å². The largest absolute Gasteiger partial charge is 0.418 e. The Morgan fingerprint density at radius 1 is 0.914 bits per heavy atom. The molecule has 2 rings (SSSR count). The molecule has 0 bridgehead atoms. The van der Waals surface area contributed by atoms with Gasteiger partial charge in [0.05, 0.1) is 44.7 Å². The zero-order chi connectivity index (χ0) is 27.0. The number of hydrogen-bond acceptors (Lipinski definition) is 4. The first-order valence-electron chi connectivity index (χ1n) is 9.20. The first-order valence-corrected chi connectivity index (χ1v) is 10.9. The van der Waals surface area contributed by atoms with Crippen molar-refractivity contribution < 1.29 is 52.7 Å². The summed E-state index contributed by atoms with van der Waals surface area (Å²) in [4.78, 5) is 11.0. The lowest BCUT2D eigenvalue weighted by Crippen LogP contribution is -2.28. The zero-order valence-corrected chi connectivity index (χ0v) is 18.0. The van der Waals surface area contributed by atoms with E-state index in [-0.39, 0.29) is 18.2 Å². The molecule has 0 aliphatic rings. The third-order valence-electron chi connectivity index (χ3n) is 4.55. The molecule has 1 unspecified atom stereocenters. The molecule has 2 aromatic carbocycles. The molecule has 1 N–H and O–H groups in total. The average Bonchev–Trinajstić information content (AvgIpc) is 2.71. The minimum atomic E-state index is -5.32. The normalized spacial score (nSPS) is 13.7. The molecule has 15 heteroatoms. The molecule has 0 aliphatic heterocycles. The van der Waals surface area contributed by atoms with Gasteiger partial charge < -0.3 is 5.32 Å². The Labute approximate surface area is 192 Å². The van der Waals surface area contributed by atoms with Crippen LogP contribution < -0.4 is 5.32 Å². The van der Waals surface area contributed by atoms with Crippen molar-refractivity contribution in [1.29, 1.82) is 5.26 Å². The summed E-state index contributed by atoms with van der Waals surface area (Å²) in [7, 11) is -4.94. The second-order valence-electron chi connectivity index (χ2n) is 7.28. The van der Waals surface area contributed by atoms with Crippen molar-refractivity contribution in [2.45, 2.75) is 30.3 Å². The van der Waals surface area contributed by atoms with Gasteiger partial charge in [0.15, 0.2) is 9.84 Å². The fourth-order valence-electron chi connectivity index (χ4n) is 2.82. The van der Waals surface area contributed by atoms with Crippen molar-refractivity contribution in [3.8, 4) is 6.07 Å². The molecule has 0 aliphatic carbocycles. The van der Waals surface area contributed by atoms with Crippen LogP contribution in [0.1, 0.15) is 29.2 Å². The Bertz CT molecular complexity index is 1240. The average molecular weight is 532 g/mol. The van der Waals surface area contributed by atoms with E-state index in [4.69, 9.17) is 5.26 Å². The fraction of sp³-hybridized carbons (Fsp3) is 0.300. The maximum Gasteiger partial charge on any atom is 0.418 e. The number of amides is 1. The van der Waals surface area contributed by atoms with Crippen molar-refractivity contribution in [2.75, 3.05) is 11.1 Å². The molecule has 0 heterocycles. The van der Waals surface area contributed by atoms with Crippen LogP contribution >= 0.6 is 0 Å². The van der Waals surface area contributed by atoms with Crippen LogP contribution in [-0.2, 0) is 33.2 Å². The van der Waals surface area contributed by atoms with E-state index in [1.165, 1.54) is 6.07 Å². The number of benzene rings is 2. The van der Waals surface area contributed by atoms with Gasteiger partial charge in [-0.1, -0.05) is 6.92 Å². The lowest BCUT2D eigenvalue weighted by atomic mass is 10.1. The molecule has 0 saturated heterocycles. The maximum absolute atomic E-state index is 13.2. The first kappa shape index (κ1) is 28.0. The van der Waals surface area contributed by atoms with Gasteiger partial charge in [-0.15, -0.1) is 0 Å². The van der Waals surface area contributed by atoms with Gasteiger partial charge in [-0.25, -0.2) is 8.42 Å². The number of rotatable bonds is 5. The van der Waals surface area contributed by atoms with Crippen LogP contribution in [0, 0.1) is 17.2 Å². The van der Waals surface area contributed by atoms with Gasteiger partial charge in [0.25, 0.3) is 0 Å². The predicted molar refractivity (Wildman–Crippen MR) is 102 cm³/mol. The van der Waals surface area contributed by atoms with E-state index in [2.05, 4.69) is 0 Å². The lowest BCUT2D eigenvalue weighted by molar-refractivity contribution is -0.143. The van der Waals surface area contributed by atoms with Gasteiger partial charge in [-0.05, 0) is 36.4 Å². The molecular formula is C20H13F9N2O3S. The molecule has 0 fully saturated rings. The number of carbonyl (C=O) groups excluding carboxylic acids is 1. The fourth-order valence-corrected chi connectivity index (χ4v) is 4.44. The number of carbonyl (C=O) groups is 1. The van der Waals surface area contributed by atoms with Gasteiger partial charge in [0, 0.05) is 5.92 Å². The van der Waals surface area contributed by atoms with E-state index in [0.717, 1.165) is 19.1 Å². The van der Waals surface area contributed by atoms with Crippen molar-refractivity contribution in [1.82, 2.24) is 0 Å². The molecule has 0 radical (unpaired) electrons. The number of anilines is 1. The monoisotopic (exact) mass is 532 g/mol. The smallest absolute Gasteiger partial charge is 0.325 e. The number of hydrogen-bond donors (Lipinski definition) is 1. The number of nitriles is 1. The summed E-state index contributed by atoms with van der Waals surface area (Å²) in [5.74, 6) is -4.32. The van der Waals surface area contributed by atoms with Crippen molar-refractivity contribution in [2.24, 2.45) is 5.92 Å². The van der Waals surface area contributed by atoms with Crippen LogP contribution in [0.2, 0.25) is 0 Å². The highest BCUT2D eigenvalue weighted by Gasteiger charge is 2.39. The van der Waals surface area contributed by atoms with Crippen LogP contribution in [0.25, 0.3) is 0 Å². The van der Waals surface area contributed by atoms with E-state index in [9.17, 15) is 52.7 Å². The predicted octanol–water partition coefficient (Wildman–Crippen LogP) is 5.66. The second kappa shape index (κ2) is 9.40. The summed E-state index contributed by atoms with van der Waals surface area (Å²) >= 11 is 0. The minimum absolute atomic E-state index is 0.0302. The highest BCUT2D eigenvalue weighted by molar-refractivity contribution is 7.91. The van der Waals surface area contributed by atoms with Gasteiger partial charge in [-0.3, -0.25) is 4.79 Å². The van der Waals surface area contributed by atoms with E-state index in [1.54, 1.807) is 0 Å². The number of alkyl halides is 9. The van der Waals surface area contributed by atoms with Crippen LogP contribution in [0.15, 0.2) is 41.3 Å². The minimum Gasteiger partial charge on any atom is -0.325 e. The summed E-state index contributed by atoms with van der Waals surface area (Å²) < 4.78 is 143. The Morgan fingerprint density at radius 2 is 1.43 bits per heavy atom. The molecular weight excluding hydrogens is 519 g/mol. The standard InChI is InChI=1S/C20H13F9N2O3S/c1-10(17(32)31-16-3-2-11(8-30)4-15(16)20(27,28)29)9-35(33,34)14-6-12(18(21,22)23)5-13(7-14)19(24,25)26/h2-7,10H,9H2,1H3,(H,31,32). The summed E-state index contributed by atoms with van der Waals surface area (Å²) in [6, 6.07) is 3.24. The molecule has 0 spiro atoms. The molecule has 35 heavy (non-hydrogen) atoms. The van der Waals surface area contributed by atoms with Gasteiger partial charge in [0.1, 0.15) is 0 Å². The third kappa shape index (κ3) is 6.87. The molecule has 0 aromatic heterocycles. The van der Waals surface area contributed by atoms with Crippen molar-refractivity contribution in [3.05, 3.63) is 58.7 Å². The molecule has 2 aromatic rings. The lowest BCUT2D eigenvalue weighted by Gasteiger charge is -2.18. The number of sulfone groups is 1. The first-order chi connectivity index (χ1) is 15.8. The molecule has 190 valence electrons. The van der Waals surface area contributed by atoms with Crippen LogP contribution in [0.3, 0.4) is 0 Å². The molecule has 1 amide bonds. The van der Waals surface area contributed by atoms with Crippen molar-refractivity contribution >= 4 is 21.4 Å². The summed E-state index contributed by atoms with van der Waals surface area (Å²) in [6.07, 6.45) is -15.7. The Balaban J connectivity index is 2.38. The van der Waals surface area contributed by atoms with Gasteiger partial charge in [0.2, 0.25) is 5.91 Å². The quantitative estimate of drug-likeness (QED) is 0.504. The van der Waals surface area contributed by atoms with E-state index < -0.39 is 78.8 Å². The summed E-state index contributed by atoms with van der Waals surface area (Å²) in [5.41, 5.74) is -6.43. The van der Waals surface area contributed by atoms with Crippen LogP contribution in [-0.4, -0.2) is 20.1 Å². The van der Waals surface area contributed by atoms with E-state index in [0.29, 0.717) is 6.07 Å². The summed E-state index contributed by atoms with van der Waals surface area (Å²) in [5, 5.41) is 10.6. The number of nitrogens with zero attached hydrogens (tertiary/aromatic N) is 1. The second-order valence-corrected chi connectivity index (χ2v) is 9.32.